The number of pyridine rings is 1. The summed E-state index contributed by atoms with van der Waals surface area (Å²) in [6.07, 6.45) is 10.1. The van der Waals surface area contributed by atoms with Crippen LogP contribution in [0.4, 0.5) is 4.79 Å². The highest BCUT2D eigenvalue weighted by Gasteiger charge is 2.64. The Balaban J connectivity index is 1.09. The SMILES string of the molecule is CC[C@@H]1C2C[C@H](O)CC[C@]2(C)[C@H]2CC[C@]3(C)[C@@H]([C@H](C)CCNC(=O)NS(=O)(=O)c4cccc5ncccc45)CC[C@H]3[C@@H]2[C@@H]1O. The Labute approximate surface area is 262 Å². The molecule has 1 heterocycles. The number of nitrogens with zero attached hydrogens (tertiary/aromatic N) is 1. The van der Waals surface area contributed by atoms with Gasteiger partial charge in [-0.05, 0) is 128 Å². The quantitative estimate of drug-likeness (QED) is 0.305. The Morgan fingerprint density at radius 2 is 1.77 bits per heavy atom. The Bertz CT molecular complexity index is 1480. The molecule has 1 aromatic carbocycles. The maximum absolute atomic E-state index is 13.0. The molecule has 0 spiro atoms. The van der Waals surface area contributed by atoms with Crippen LogP contribution in [-0.2, 0) is 10.0 Å². The van der Waals surface area contributed by atoms with Crippen LogP contribution in [0.1, 0.15) is 85.5 Å². The first-order chi connectivity index (χ1) is 20.9. The summed E-state index contributed by atoms with van der Waals surface area (Å²) < 4.78 is 28.3. The van der Waals surface area contributed by atoms with E-state index in [4.69, 9.17) is 0 Å². The zero-order chi connectivity index (χ0) is 31.4. The zero-order valence-electron chi connectivity index (χ0n) is 26.7. The third kappa shape index (κ3) is 5.24. The summed E-state index contributed by atoms with van der Waals surface area (Å²) in [5, 5.41) is 25.8. The Morgan fingerprint density at radius 3 is 2.55 bits per heavy atom. The van der Waals surface area contributed by atoms with Crippen molar-refractivity contribution >= 4 is 27.0 Å². The lowest BCUT2D eigenvalue weighted by Gasteiger charge is -2.64. The number of benzene rings is 1. The molecule has 2 aromatic rings. The molecule has 1 unspecified atom stereocenters. The summed E-state index contributed by atoms with van der Waals surface area (Å²) in [6.45, 7) is 9.81. The van der Waals surface area contributed by atoms with Crippen molar-refractivity contribution < 1.29 is 23.4 Å². The van der Waals surface area contributed by atoms with Crippen molar-refractivity contribution in [2.24, 2.45) is 52.3 Å². The number of hydrogen-bond acceptors (Lipinski definition) is 6. The van der Waals surface area contributed by atoms with Crippen molar-refractivity contribution in [2.75, 3.05) is 6.54 Å². The van der Waals surface area contributed by atoms with Gasteiger partial charge in [0.2, 0.25) is 0 Å². The van der Waals surface area contributed by atoms with E-state index in [1.807, 2.05) is 0 Å². The van der Waals surface area contributed by atoms with Crippen molar-refractivity contribution in [1.82, 2.24) is 15.0 Å². The molecule has 4 fully saturated rings. The van der Waals surface area contributed by atoms with Gasteiger partial charge in [-0.1, -0.05) is 40.2 Å². The lowest BCUT2D eigenvalue weighted by atomic mass is 9.41. The number of fused-ring (bicyclic) bond motifs is 6. The van der Waals surface area contributed by atoms with Crippen molar-refractivity contribution in [1.29, 1.82) is 0 Å². The Morgan fingerprint density at radius 1 is 1.02 bits per heavy atom. The molecule has 242 valence electrons. The van der Waals surface area contributed by atoms with Crippen LogP contribution in [0.25, 0.3) is 10.9 Å². The molecular formula is C35H51N3O5S. The number of nitrogens with one attached hydrogen (secondary N) is 2. The van der Waals surface area contributed by atoms with Gasteiger partial charge in [-0.15, -0.1) is 0 Å². The molecule has 4 aliphatic rings. The molecule has 6 rings (SSSR count). The number of carbonyl (C=O) groups is 1. The number of rotatable bonds is 7. The highest BCUT2D eigenvalue weighted by molar-refractivity contribution is 7.90. The van der Waals surface area contributed by atoms with Crippen molar-refractivity contribution in [3.8, 4) is 0 Å². The van der Waals surface area contributed by atoms with Gasteiger partial charge >= 0.3 is 6.03 Å². The topological polar surface area (TPSA) is 129 Å². The van der Waals surface area contributed by atoms with Gasteiger partial charge in [0.15, 0.2) is 0 Å². The number of amides is 2. The van der Waals surface area contributed by atoms with E-state index < -0.39 is 16.1 Å². The molecule has 0 saturated heterocycles. The summed E-state index contributed by atoms with van der Waals surface area (Å²) in [5.41, 5.74) is 0.889. The molecule has 4 saturated carbocycles. The van der Waals surface area contributed by atoms with Crippen LogP contribution in [0, 0.1) is 52.3 Å². The highest BCUT2D eigenvalue weighted by Crippen LogP contribution is 2.69. The maximum atomic E-state index is 13.0. The lowest BCUT2D eigenvalue weighted by Crippen LogP contribution is -2.62. The summed E-state index contributed by atoms with van der Waals surface area (Å²) in [4.78, 5) is 17.0. The third-order valence-electron chi connectivity index (χ3n) is 13.2. The number of sulfonamides is 1. The largest absolute Gasteiger partial charge is 0.393 e. The summed E-state index contributed by atoms with van der Waals surface area (Å²) >= 11 is 0. The molecule has 2 amide bonds. The van der Waals surface area contributed by atoms with Crippen LogP contribution >= 0.6 is 0 Å². The molecule has 0 bridgehead atoms. The van der Waals surface area contributed by atoms with Crippen molar-refractivity contribution in [3.05, 3.63) is 36.5 Å². The fraction of sp³-hybridized carbons (Fsp3) is 0.714. The normalized spacial score (nSPS) is 39.1. The summed E-state index contributed by atoms with van der Waals surface area (Å²) in [5.74, 6) is 2.81. The predicted molar refractivity (Wildman–Crippen MR) is 171 cm³/mol. The second-order valence-electron chi connectivity index (χ2n) is 15.1. The Kier molecular flexibility index (Phi) is 8.55. The lowest BCUT2D eigenvalue weighted by molar-refractivity contribution is -0.203. The first kappa shape index (κ1) is 31.7. The zero-order valence-corrected chi connectivity index (χ0v) is 27.5. The predicted octanol–water partition coefficient (Wildman–Crippen LogP) is 5.88. The smallest absolute Gasteiger partial charge is 0.328 e. The Hall–Kier alpha value is -2.23. The number of aromatic nitrogens is 1. The molecule has 4 aliphatic carbocycles. The van der Waals surface area contributed by atoms with E-state index in [0.717, 1.165) is 57.8 Å². The molecular weight excluding hydrogens is 574 g/mol. The van der Waals surface area contributed by atoms with E-state index in [9.17, 15) is 23.4 Å². The first-order valence-electron chi connectivity index (χ1n) is 16.9. The van der Waals surface area contributed by atoms with E-state index in [2.05, 4.69) is 42.7 Å². The van der Waals surface area contributed by atoms with E-state index in [1.54, 1.807) is 30.5 Å². The number of hydrogen-bond donors (Lipinski definition) is 4. The minimum atomic E-state index is -4.06. The van der Waals surface area contributed by atoms with Crippen LogP contribution in [0.5, 0.6) is 0 Å². The van der Waals surface area contributed by atoms with Gasteiger partial charge in [-0.3, -0.25) is 4.98 Å². The van der Waals surface area contributed by atoms with Crippen LogP contribution in [0.2, 0.25) is 0 Å². The summed E-state index contributed by atoms with van der Waals surface area (Å²) in [6, 6.07) is 7.50. The fourth-order valence-electron chi connectivity index (χ4n) is 11.1. The van der Waals surface area contributed by atoms with Gasteiger partial charge in [0.1, 0.15) is 0 Å². The second kappa shape index (κ2) is 11.8. The van der Waals surface area contributed by atoms with Crippen molar-refractivity contribution in [3.63, 3.8) is 0 Å². The minimum Gasteiger partial charge on any atom is -0.393 e. The van der Waals surface area contributed by atoms with Gasteiger partial charge in [-0.25, -0.2) is 17.9 Å². The molecule has 9 heteroatoms. The third-order valence-corrected chi connectivity index (χ3v) is 14.5. The molecule has 4 N–H and O–H groups in total. The van der Waals surface area contributed by atoms with Gasteiger partial charge in [0.25, 0.3) is 10.0 Å². The van der Waals surface area contributed by atoms with E-state index in [1.165, 1.54) is 6.07 Å². The standard InChI is InChI=1S/C35H51N3O5S/c1-5-23-28-20-22(39)13-16-35(28,4)27-14-17-34(3)25(11-12-26(34)31(27)32(23)40)21(2)15-19-37-33(41)38-44(42,43)30-10-6-9-29-24(30)8-7-18-36-29/h6-10,18,21-23,25-28,31-32,39-40H,5,11-17,19-20H2,1-4H3,(H2,37,38,41)/t21-,22-,23-,25-,26+,27+,28?,31+,32-,34-,35-/m1/s1. The molecule has 11 atom stereocenters. The van der Waals surface area contributed by atoms with Crippen LogP contribution in [-0.4, -0.2) is 48.4 Å². The van der Waals surface area contributed by atoms with Crippen LogP contribution in [0.3, 0.4) is 0 Å². The van der Waals surface area contributed by atoms with E-state index in [-0.39, 0.29) is 33.9 Å². The monoisotopic (exact) mass is 625 g/mol. The van der Waals surface area contributed by atoms with Gasteiger partial charge < -0.3 is 15.5 Å². The van der Waals surface area contributed by atoms with Gasteiger partial charge in [-0.2, -0.15) is 0 Å². The second-order valence-corrected chi connectivity index (χ2v) is 16.7. The van der Waals surface area contributed by atoms with Crippen LogP contribution < -0.4 is 10.0 Å². The number of carbonyl (C=O) groups excluding carboxylic acids is 1. The molecule has 44 heavy (non-hydrogen) atoms. The average molecular weight is 626 g/mol. The average Bonchev–Trinajstić information content (AvgIpc) is 3.35. The minimum absolute atomic E-state index is 0.0342. The molecule has 0 radical (unpaired) electrons. The maximum Gasteiger partial charge on any atom is 0.328 e. The first-order valence-corrected chi connectivity index (χ1v) is 18.4. The fourth-order valence-corrected chi connectivity index (χ4v) is 12.2. The molecule has 8 nitrogen and oxygen atoms in total. The number of aliphatic hydroxyl groups is 2. The van der Waals surface area contributed by atoms with E-state index in [0.29, 0.717) is 53.0 Å². The van der Waals surface area contributed by atoms with Crippen LogP contribution in [0.15, 0.2) is 41.4 Å². The van der Waals surface area contributed by atoms with Crippen molar-refractivity contribution in [2.45, 2.75) is 103 Å². The summed E-state index contributed by atoms with van der Waals surface area (Å²) in [7, 11) is -4.06. The van der Waals surface area contributed by atoms with Gasteiger partial charge in [0, 0.05) is 18.1 Å². The number of aliphatic hydroxyl groups excluding tert-OH is 2. The molecule has 1 aromatic heterocycles. The van der Waals surface area contributed by atoms with E-state index >= 15 is 0 Å². The molecule has 0 aliphatic heterocycles. The highest BCUT2D eigenvalue weighted by atomic mass is 32.2. The van der Waals surface area contributed by atoms with Gasteiger partial charge in [0.05, 0.1) is 22.6 Å². The number of urea groups is 1.